The van der Waals surface area contributed by atoms with E-state index in [1.165, 1.54) is 32.4 Å². The van der Waals surface area contributed by atoms with E-state index in [0.29, 0.717) is 0 Å². The Hall–Kier alpha value is -0.630. The molecule has 2 heterocycles. The molecule has 2 aliphatic heterocycles. The van der Waals surface area contributed by atoms with Crippen molar-refractivity contribution in [1.82, 2.24) is 15.1 Å². The lowest BCUT2D eigenvalue weighted by molar-refractivity contribution is 0.0370. The van der Waals surface area contributed by atoms with Crippen LogP contribution in [0.15, 0.2) is 0 Å². The second-order valence-corrected chi connectivity index (χ2v) is 6.13. The molecule has 3 atom stereocenters. The Morgan fingerprint density at radius 1 is 1.37 bits per heavy atom. The Bertz CT molecular complexity index is 312. The fourth-order valence-corrected chi connectivity index (χ4v) is 3.62. The van der Waals surface area contributed by atoms with Gasteiger partial charge in [0.2, 0.25) is 0 Å². The highest BCUT2D eigenvalue weighted by Crippen LogP contribution is 2.29. The number of nitrogens with zero attached hydrogens (tertiary/aromatic N) is 3. The molecule has 108 valence electrons. The number of fused-ring (bicyclic) bond motifs is 1. The van der Waals surface area contributed by atoms with E-state index in [1.807, 2.05) is 0 Å². The summed E-state index contributed by atoms with van der Waals surface area (Å²) in [4.78, 5) is 5.04. The molecule has 0 saturated carbocycles. The molecule has 0 amide bonds. The monoisotopic (exact) mass is 264 g/mol. The molecule has 0 spiro atoms. The van der Waals surface area contributed by atoms with Crippen LogP contribution in [0.3, 0.4) is 0 Å². The van der Waals surface area contributed by atoms with E-state index in [1.54, 1.807) is 0 Å². The molecule has 2 rings (SSSR count). The Morgan fingerprint density at radius 3 is 2.95 bits per heavy atom. The quantitative estimate of drug-likeness (QED) is 0.812. The Balaban J connectivity index is 1.81. The molecule has 4 heteroatoms. The Labute approximate surface area is 117 Å². The lowest BCUT2D eigenvalue weighted by atomic mass is 9.84. The van der Waals surface area contributed by atoms with Gasteiger partial charge in [-0.1, -0.05) is 6.92 Å². The Morgan fingerprint density at radius 2 is 2.21 bits per heavy atom. The van der Waals surface area contributed by atoms with E-state index < -0.39 is 0 Å². The maximum Gasteiger partial charge on any atom is 0.108 e. The van der Waals surface area contributed by atoms with Gasteiger partial charge >= 0.3 is 0 Å². The number of nitriles is 1. The smallest absolute Gasteiger partial charge is 0.108 e. The summed E-state index contributed by atoms with van der Waals surface area (Å²) >= 11 is 0. The minimum Gasteiger partial charge on any atom is -0.303 e. The lowest BCUT2D eigenvalue weighted by Crippen LogP contribution is -2.54. The van der Waals surface area contributed by atoms with Crippen molar-refractivity contribution in [3.8, 4) is 6.07 Å². The highest BCUT2D eigenvalue weighted by molar-refractivity contribution is 4.95. The number of rotatable bonds is 5. The minimum atomic E-state index is -0.00202. The molecule has 0 radical (unpaired) electrons. The predicted molar refractivity (Wildman–Crippen MR) is 77.9 cm³/mol. The van der Waals surface area contributed by atoms with Crippen molar-refractivity contribution >= 4 is 0 Å². The van der Waals surface area contributed by atoms with Gasteiger partial charge in [0.05, 0.1) is 6.07 Å². The van der Waals surface area contributed by atoms with E-state index in [-0.39, 0.29) is 6.04 Å². The fourth-order valence-electron chi connectivity index (χ4n) is 3.62. The first-order chi connectivity index (χ1) is 9.24. The minimum absolute atomic E-state index is 0.00202. The summed E-state index contributed by atoms with van der Waals surface area (Å²) < 4.78 is 0. The van der Waals surface area contributed by atoms with Crippen molar-refractivity contribution in [2.45, 2.75) is 44.7 Å². The van der Waals surface area contributed by atoms with Crippen LogP contribution in [0, 0.1) is 17.2 Å². The van der Waals surface area contributed by atoms with Gasteiger partial charge in [0.1, 0.15) is 6.04 Å². The van der Waals surface area contributed by atoms with Gasteiger partial charge in [-0.15, -0.1) is 0 Å². The van der Waals surface area contributed by atoms with Crippen LogP contribution >= 0.6 is 0 Å². The Kier molecular flexibility index (Phi) is 5.62. The first-order valence-electron chi connectivity index (χ1n) is 7.80. The molecule has 19 heavy (non-hydrogen) atoms. The van der Waals surface area contributed by atoms with Gasteiger partial charge in [-0.3, -0.25) is 0 Å². The highest BCUT2D eigenvalue weighted by atomic mass is 15.2. The summed E-state index contributed by atoms with van der Waals surface area (Å²) in [5, 5.41) is 12.5. The molecular formula is C15H28N4. The molecule has 2 saturated heterocycles. The van der Waals surface area contributed by atoms with Crippen LogP contribution in [0.4, 0.5) is 0 Å². The molecule has 0 aromatic heterocycles. The molecule has 0 aliphatic carbocycles. The van der Waals surface area contributed by atoms with Crippen LogP contribution in [-0.4, -0.2) is 61.7 Å². The first kappa shape index (κ1) is 14.8. The van der Waals surface area contributed by atoms with E-state index in [4.69, 9.17) is 0 Å². The van der Waals surface area contributed by atoms with Gasteiger partial charge in [0, 0.05) is 19.1 Å². The van der Waals surface area contributed by atoms with Crippen molar-refractivity contribution in [3.05, 3.63) is 0 Å². The van der Waals surface area contributed by atoms with E-state index in [0.717, 1.165) is 38.0 Å². The van der Waals surface area contributed by atoms with Gasteiger partial charge in [0.25, 0.3) is 0 Å². The van der Waals surface area contributed by atoms with E-state index >= 15 is 0 Å². The van der Waals surface area contributed by atoms with Gasteiger partial charge in [-0.2, -0.15) is 5.26 Å². The van der Waals surface area contributed by atoms with Crippen molar-refractivity contribution in [3.63, 3.8) is 0 Å². The third-order valence-electron chi connectivity index (χ3n) is 4.67. The normalized spacial score (nSPS) is 30.6. The molecule has 4 nitrogen and oxygen atoms in total. The van der Waals surface area contributed by atoms with Crippen molar-refractivity contribution < 1.29 is 0 Å². The maximum atomic E-state index is 9.21. The molecule has 3 unspecified atom stereocenters. The van der Waals surface area contributed by atoms with E-state index in [2.05, 4.69) is 35.2 Å². The number of likely N-dealkylation sites (tertiary alicyclic amines) is 2. The van der Waals surface area contributed by atoms with Crippen LogP contribution in [-0.2, 0) is 0 Å². The third-order valence-corrected chi connectivity index (χ3v) is 4.67. The molecule has 0 bridgehead atoms. The van der Waals surface area contributed by atoms with Gasteiger partial charge < -0.3 is 15.1 Å². The molecule has 2 aliphatic rings. The topological polar surface area (TPSA) is 42.3 Å². The predicted octanol–water partition coefficient (Wildman–Crippen LogP) is 1.29. The van der Waals surface area contributed by atoms with Crippen LogP contribution in [0.1, 0.15) is 32.6 Å². The average Bonchev–Trinajstić information content (AvgIpc) is 2.43. The van der Waals surface area contributed by atoms with Gasteiger partial charge in [-0.25, -0.2) is 0 Å². The SMILES string of the molecule is CCCNC(C#N)CN1CCC2C(CCCN2C)C1. The van der Waals surface area contributed by atoms with Crippen molar-refractivity contribution in [2.24, 2.45) is 5.92 Å². The van der Waals surface area contributed by atoms with Crippen LogP contribution in [0.2, 0.25) is 0 Å². The standard InChI is InChI=1S/C15H28N4/c1-3-7-17-14(10-16)12-19-9-6-15-13(11-19)5-4-8-18(15)2/h13-15,17H,3-9,11-12H2,1-2H3. The summed E-state index contributed by atoms with van der Waals surface area (Å²) in [6.07, 6.45) is 5.06. The van der Waals surface area contributed by atoms with E-state index in [9.17, 15) is 5.26 Å². The number of nitrogens with one attached hydrogen (secondary N) is 1. The number of hydrogen-bond donors (Lipinski definition) is 1. The molecule has 2 fully saturated rings. The third kappa shape index (κ3) is 3.92. The fraction of sp³-hybridized carbons (Fsp3) is 0.933. The van der Waals surface area contributed by atoms with Crippen molar-refractivity contribution in [2.75, 3.05) is 39.8 Å². The van der Waals surface area contributed by atoms with Gasteiger partial charge in [0.15, 0.2) is 0 Å². The zero-order valence-electron chi connectivity index (χ0n) is 12.4. The van der Waals surface area contributed by atoms with Crippen molar-refractivity contribution in [1.29, 1.82) is 5.26 Å². The molecular weight excluding hydrogens is 236 g/mol. The van der Waals surface area contributed by atoms with Crippen LogP contribution in [0.25, 0.3) is 0 Å². The summed E-state index contributed by atoms with van der Waals surface area (Å²) in [7, 11) is 2.27. The number of piperidine rings is 2. The largest absolute Gasteiger partial charge is 0.303 e. The zero-order valence-corrected chi connectivity index (χ0v) is 12.4. The zero-order chi connectivity index (χ0) is 13.7. The number of hydrogen-bond acceptors (Lipinski definition) is 4. The summed E-state index contributed by atoms with van der Waals surface area (Å²) in [6.45, 7) is 7.58. The summed E-state index contributed by atoms with van der Waals surface area (Å²) in [5.74, 6) is 0.818. The van der Waals surface area contributed by atoms with Crippen LogP contribution < -0.4 is 5.32 Å². The molecule has 0 aromatic rings. The summed E-state index contributed by atoms with van der Waals surface area (Å²) in [5.41, 5.74) is 0. The summed E-state index contributed by atoms with van der Waals surface area (Å²) in [6, 6.07) is 3.19. The molecule has 0 aromatic carbocycles. The van der Waals surface area contributed by atoms with Gasteiger partial charge in [-0.05, 0) is 58.3 Å². The highest BCUT2D eigenvalue weighted by Gasteiger charge is 2.34. The van der Waals surface area contributed by atoms with Crippen LogP contribution in [0.5, 0.6) is 0 Å². The second-order valence-electron chi connectivity index (χ2n) is 6.13. The first-order valence-corrected chi connectivity index (χ1v) is 7.80. The maximum absolute atomic E-state index is 9.21. The second kappa shape index (κ2) is 7.23. The average molecular weight is 264 g/mol. The lowest BCUT2D eigenvalue weighted by Gasteiger charge is -2.46. The molecule has 1 N–H and O–H groups in total.